The Bertz CT molecular complexity index is 953. The number of benzene rings is 2. The predicted molar refractivity (Wildman–Crippen MR) is 126 cm³/mol. The normalized spacial score (nSPS) is 11.8. The summed E-state index contributed by atoms with van der Waals surface area (Å²) in [4.78, 5) is 5.24. The average Bonchev–Trinajstić information content (AvgIpc) is 2.73. The lowest BCUT2D eigenvalue weighted by atomic mass is 10.1. The zero-order chi connectivity index (χ0) is 24.4. The Kier molecular flexibility index (Phi) is 11.0. The highest BCUT2D eigenvalue weighted by atomic mass is 35.5. The summed E-state index contributed by atoms with van der Waals surface area (Å²) in [7, 11) is 0. The van der Waals surface area contributed by atoms with Gasteiger partial charge in [-0.3, -0.25) is 0 Å². The van der Waals surface area contributed by atoms with Gasteiger partial charge in [-0.05, 0) is 43.5 Å². The molecule has 0 aliphatic heterocycles. The van der Waals surface area contributed by atoms with E-state index in [4.69, 9.17) is 60.7 Å². The van der Waals surface area contributed by atoms with Crippen LogP contribution < -0.4 is 9.47 Å². The Balaban J connectivity index is 1.73. The minimum absolute atomic E-state index is 0.0940. The number of rotatable bonds is 11. The second-order valence-corrected chi connectivity index (χ2v) is 8.48. The molecular formula is C22H20Cl4F3NO3. The first-order valence-corrected chi connectivity index (χ1v) is 11.2. The van der Waals surface area contributed by atoms with Gasteiger partial charge in [-0.2, -0.15) is 13.2 Å². The maximum atomic E-state index is 12.6. The van der Waals surface area contributed by atoms with Gasteiger partial charge in [0.15, 0.2) is 5.75 Å². The first kappa shape index (κ1) is 27.4. The van der Waals surface area contributed by atoms with Crippen molar-refractivity contribution in [1.82, 2.24) is 0 Å². The van der Waals surface area contributed by atoms with Crippen molar-refractivity contribution in [2.24, 2.45) is 5.16 Å². The SMILES string of the molecule is CC(=NOCCCCOc1c(Cl)cc(OCC=C(Cl)Cl)cc1Cl)c1ccc(C(F)(F)F)cc1. The summed E-state index contributed by atoms with van der Waals surface area (Å²) in [5.74, 6) is 0.784. The van der Waals surface area contributed by atoms with E-state index in [0.717, 1.165) is 12.1 Å². The number of ether oxygens (including phenoxy) is 2. The first-order chi connectivity index (χ1) is 15.6. The Morgan fingerprint density at radius 3 is 2.15 bits per heavy atom. The molecule has 0 N–H and O–H groups in total. The van der Waals surface area contributed by atoms with Crippen molar-refractivity contribution in [2.45, 2.75) is 25.9 Å². The van der Waals surface area contributed by atoms with Crippen LogP contribution >= 0.6 is 46.4 Å². The number of hydrogen-bond acceptors (Lipinski definition) is 4. The molecule has 0 amide bonds. The van der Waals surface area contributed by atoms with E-state index in [2.05, 4.69) is 5.16 Å². The lowest BCUT2D eigenvalue weighted by Gasteiger charge is -2.12. The number of oxime groups is 1. The van der Waals surface area contributed by atoms with Crippen molar-refractivity contribution in [3.05, 3.63) is 68.1 Å². The quantitative estimate of drug-likeness (QED) is 0.162. The third-order valence-corrected chi connectivity index (χ3v) is 5.04. The predicted octanol–water partition coefficient (Wildman–Crippen LogP) is 8.31. The summed E-state index contributed by atoms with van der Waals surface area (Å²) in [5.41, 5.74) is 0.310. The Morgan fingerprint density at radius 2 is 1.58 bits per heavy atom. The molecule has 0 fully saturated rings. The fourth-order valence-electron chi connectivity index (χ4n) is 2.50. The van der Waals surface area contributed by atoms with Gasteiger partial charge in [0, 0.05) is 12.1 Å². The monoisotopic (exact) mass is 543 g/mol. The van der Waals surface area contributed by atoms with Crippen LogP contribution in [0.3, 0.4) is 0 Å². The molecule has 0 aliphatic carbocycles. The van der Waals surface area contributed by atoms with Gasteiger partial charge in [-0.15, -0.1) is 0 Å². The highest BCUT2D eigenvalue weighted by Crippen LogP contribution is 2.37. The fourth-order valence-corrected chi connectivity index (χ4v) is 3.20. The van der Waals surface area contributed by atoms with Crippen molar-refractivity contribution in [1.29, 1.82) is 0 Å². The van der Waals surface area contributed by atoms with Crippen molar-refractivity contribution >= 4 is 52.1 Å². The standard InChI is InChI=1S/C22H20Cl4F3NO3/c1-14(15-4-6-16(7-5-15)22(27,28)29)30-33-10-3-2-9-32-21-18(23)12-17(13-19(21)24)31-11-8-20(25)26/h4-8,12-13H,2-3,9-11H2,1H3. The number of unbranched alkanes of at least 4 members (excludes halogenated alkanes) is 1. The highest BCUT2D eigenvalue weighted by molar-refractivity contribution is 6.55. The lowest BCUT2D eigenvalue weighted by Crippen LogP contribution is -2.05. The van der Waals surface area contributed by atoms with Gasteiger partial charge < -0.3 is 14.3 Å². The van der Waals surface area contributed by atoms with Crippen LogP contribution in [0.2, 0.25) is 10.0 Å². The van der Waals surface area contributed by atoms with E-state index in [1.165, 1.54) is 18.2 Å². The Morgan fingerprint density at radius 1 is 0.970 bits per heavy atom. The number of halogens is 7. The van der Waals surface area contributed by atoms with Crippen LogP contribution in [0.1, 0.15) is 30.9 Å². The van der Waals surface area contributed by atoms with Gasteiger partial charge >= 0.3 is 6.18 Å². The van der Waals surface area contributed by atoms with Crippen molar-refractivity contribution in [3.8, 4) is 11.5 Å². The summed E-state index contributed by atoms with van der Waals surface area (Å²) < 4.78 is 49.0. The summed E-state index contributed by atoms with van der Waals surface area (Å²) in [6, 6.07) is 7.86. The average molecular weight is 545 g/mol. The molecule has 2 aromatic carbocycles. The molecule has 2 rings (SSSR count). The Hall–Kier alpha value is -1.80. The molecule has 33 heavy (non-hydrogen) atoms. The van der Waals surface area contributed by atoms with E-state index < -0.39 is 11.7 Å². The van der Waals surface area contributed by atoms with E-state index >= 15 is 0 Å². The van der Waals surface area contributed by atoms with Crippen LogP contribution in [0.25, 0.3) is 0 Å². The first-order valence-electron chi connectivity index (χ1n) is 9.68. The van der Waals surface area contributed by atoms with Gasteiger partial charge in [0.25, 0.3) is 0 Å². The van der Waals surface area contributed by atoms with Crippen LogP contribution in [0.4, 0.5) is 13.2 Å². The van der Waals surface area contributed by atoms with Crippen molar-refractivity contribution < 1.29 is 27.5 Å². The zero-order valence-corrected chi connectivity index (χ0v) is 20.4. The lowest BCUT2D eigenvalue weighted by molar-refractivity contribution is -0.137. The molecular weight excluding hydrogens is 525 g/mol. The Labute approximate surface area is 209 Å². The van der Waals surface area contributed by atoms with Gasteiger partial charge in [0.05, 0.1) is 27.9 Å². The van der Waals surface area contributed by atoms with E-state index in [1.807, 2.05) is 0 Å². The zero-order valence-electron chi connectivity index (χ0n) is 17.4. The van der Waals surface area contributed by atoms with Gasteiger partial charge in [0.2, 0.25) is 0 Å². The van der Waals surface area contributed by atoms with Crippen molar-refractivity contribution in [3.63, 3.8) is 0 Å². The number of hydrogen-bond donors (Lipinski definition) is 0. The third-order valence-electron chi connectivity index (χ3n) is 4.17. The van der Waals surface area contributed by atoms with Gasteiger partial charge in [0.1, 0.15) is 23.5 Å². The van der Waals surface area contributed by atoms with E-state index in [1.54, 1.807) is 19.1 Å². The molecule has 0 radical (unpaired) electrons. The van der Waals surface area contributed by atoms with Crippen LogP contribution in [0, 0.1) is 0 Å². The molecule has 0 unspecified atom stereocenters. The molecule has 0 spiro atoms. The topological polar surface area (TPSA) is 40.0 Å². The molecule has 0 saturated carbocycles. The minimum Gasteiger partial charge on any atom is -0.490 e. The van der Waals surface area contributed by atoms with E-state index in [0.29, 0.717) is 58.9 Å². The van der Waals surface area contributed by atoms with Gasteiger partial charge in [-0.1, -0.05) is 63.7 Å². The highest BCUT2D eigenvalue weighted by Gasteiger charge is 2.30. The van der Waals surface area contributed by atoms with Crippen molar-refractivity contribution in [2.75, 3.05) is 19.8 Å². The van der Waals surface area contributed by atoms with Crippen LogP contribution in [-0.2, 0) is 11.0 Å². The summed E-state index contributed by atoms with van der Waals surface area (Å²) in [6.45, 7) is 2.47. The maximum Gasteiger partial charge on any atom is 0.416 e. The second-order valence-electron chi connectivity index (χ2n) is 6.66. The minimum atomic E-state index is -4.37. The smallest absolute Gasteiger partial charge is 0.416 e. The van der Waals surface area contributed by atoms with E-state index in [9.17, 15) is 13.2 Å². The largest absolute Gasteiger partial charge is 0.490 e. The molecule has 0 saturated heterocycles. The van der Waals surface area contributed by atoms with E-state index in [-0.39, 0.29) is 11.1 Å². The number of alkyl halides is 3. The summed E-state index contributed by atoms with van der Waals surface area (Å²) in [6.07, 6.45) is -1.62. The van der Waals surface area contributed by atoms with Crippen LogP contribution in [0.15, 0.2) is 52.1 Å². The molecule has 0 bridgehead atoms. The van der Waals surface area contributed by atoms with Crippen LogP contribution in [-0.4, -0.2) is 25.5 Å². The molecule has 0 heterocycles. The fraction of sp³-hybridized carbons (Fsp3) is 0.318. The summed E-state index contributed by atoms with van der Waals surface area (Å²) >= 11 is 23.5. The molecule has 180 valence electrons. The second kappa shape index (κ2) is 13.2. The number of nitrogens with zero attached hydrogens (tertiary/aromatic N) is 1. The molecule has 4 nitrogen and oxygen atoms in total. The van der Waals surface area contributed by atoms with Crippen LogP contribution in [0.5, 0.6) is 11.5 Å². The molecule has 11 heteroatoms. The summed E-state index contributed by atoms with van der Waals surface area (Å²) in [5, 5.41) is 4.53. The third kappa shape index (κ3) is 9.53. The molecule has 0 aliphatic rings. The molecule has 2 aromatic rings. The maximum absolute atomic E-state index is 12.6. The van der Waals surface area contributed by atoms with Gasteiger partial charge in [-0.25, -0.2) is 0 Å². The molecule has 0 aromatic heterocycles. The molecule has 0 atom stereocenters.